The zero-order chi connectivity index (χ0) is 12.8. The molecule has 0 saturated carbocycles. The lowest BCUT2D eigenvalue weighted by Crippen LogP contribution is -2.32. The molecule has 0 unspecified atom stereocenters. The summed E-state index contributed by atoms with van der Waals surface area (Å²) in [7, 11) is 1.57. The molecule has 0 aliphatic rings. The van der Waals surface area contributed by atoms with E-state index in [1.807, 2.05) is 6.92 Å². The number of ether oxygens (including phenoxy) is 2. The molecule has 0 bridgehead atoms. The van der Waals surface area contributed by atoms with E-state index in [4.69, 9.17) is 15.2 Å². The van der Waals surface area contributed by atoms with Crippen LogP contribution in [0.4, 0.5) is 5.69 Å². The van der Waals surface area contributed by atoms with Crippen LogP contribution in [-0.4, -0.2) is 25.7 Å². The van der Waals surface area contributed by atoms with E-state index in [0.717, 1.165) is 0 Å². The smallest absolute Gasteiger partial charge is 0.241 e. The van der Waals surface area contributed by atoms with Crippen LogP contribution in [0.2, 0.25) is 0 Å². The van der Waals surface area contributed by atoms with E-state index < -0.39 is 6.04 Å². The van der Waals surface area contributed by atoms with Crippen molar-refractivity contribution in [1.82, 2.24) is 0 Å². The highest BCUT2D eigenvalue weighted by Crippen LogP contribution is 2.30. The number of methoxy groups -OCH3 is 1. The quantitative estimate of drug-likeness (QED) is 0.812. The summed E-state index contributed by atoms with van der Waals surface area (Å²) in [4.78, 5) is 11.4. The van der Waals surface area contributed by atoms with Gasteiger partial charge in [0, 0.05) is 11.8 Å². The van der Waals surface area contributed by atoms with E-state index in [-0.39, 0.29) is 5.91 Å². The molecule has 0 radical (unpaired) electrons. The number of carbonyl (C=O) groups is 1. The number of nitrogens with two attached hydrogens (primary N) is 1. The molecule has 5 nitrogen and oxygen atoms in total. The highest BCUT2D eigenvalue weighted by molar-refractivity contribution is 5.94. The van der Waals surface area contributed by atoms with Gasteiger partial charge < -0.3 is 20.5 Å². The van der Waals surface area contributed by atoms with Crippen LogP contribution in [0.15, 0.2) is 18.2 Å². The number of rotatable bonds is 5. The van der Waals surface area contributed by atoms with E-state index in [9.17, 15) is 4.79 Å². The monoisotopic (exact) mass is 238 g/mol. The fourth-order valence-electron chi connectivity index (χ4n) is 1.28. The summed E-state index contributed by atoms with van der Waals surface area (Å²) >= 11 is 0. The minimum Gasteiger partial charge on any atom is -0.493 e. The third kappa shape index (κ3) is 3.64. The van der Waals surface area contributed by atoms with Crippen LogP contribution < -0.4 is 20.5 Å². The average molecular weight is 238 g/mol. The molecule has 1 atom stereocenters. The summed E-state index contributed by atoms with van der Waals surface area (Å²) in [5.74, 6) is 0.987. The molecule has 3 N–H and O–H groups in total. The van der Waals surface area contributed by atoms with E-state index in [1.165, 1.54) is 0 Å². The Kier molecular flexibility index (Phi) is 4.78. The second-order valence-corrected chi connectivity index (χ2v) is 3.58. The Labute approximate surface area is 101 Å². The fraction of sp³-hybridized carbons (Fsp3) is 0.417. The van der Waals surface area contributed by atoms with Crippen LogP contribution >= 0.6 is 0 Å². The molecule has 1 rings (SSSR count). The first-order valence-corrected chi connectivity index (χ1v) is 5.45. The maximum absolute atomic E-state index is 11.4. The molecule has 0 saturated heterocycles. The van der Waals surface area contributed by atoms with Crippen molar-refractivity contribution in [2.45, 2.75) is 19.9 Å². The maximum atomic E-state index is 11.4. The number of anilines is 1. The van der Waals surface area contributed by atoms with Crippen LogP contribution in [0.1, 0.15) is 13.8 Å². The largest absolute Gasteiger partial charge is 0.493 e. The molecule has 5 heteroatoms. The number of amides is 1. The van der Waals surface area contributed by atoms with E-state index >= 15 is 0 Å². The van der Waals surface area contributed by atoms with Crippen LogP contribution in [0.3, 0.4) is 0 Å². The van der Waals surface area contributed by atoms with Gasteiger partial charge in [-0.25, -0.2) is 0 Å². The lowest BCUT2D eigenvalue weighted by molar-refractivity contribution is -0.117. The molecule has 1 aromatic carbocycles. The van der Waals surface area contributed by atoms with Gasteiger partial charge in [-0.3, -0.25) is 4.79 Å². The number of nitrogens with one attached hydrogen (secondary N) is 1. The second kappa shape index (κ2) is 6.10. The molecule has 1 aromatic rings. The predicted octanol–water partition coefficient (Wildman–Crippen LogP) is 1.38. The van der Waals surface area contributed by atoms with Crippen LogP contribution in [0.5, 0.6) is 11.5 Å². The molecule has 0 aliphatic heterocycles. The van der Waals surface area contributed by atoms with Gasteiger partial charge in [-0.2, -0.15) is 0 Å². The summed E-state index contributed by atoms with van der Waals surface area (Å²) in [6, 6.07) is 4.64. The zero-order valence-corrected chi connectivity index (χ0v) is 10.3. The molecule has 0 heterocycles. The van der Waals surface area contributed by atoms with Crippen molar-refractivity contribution in [2.24, 2.45) is 5.73 Å². The number of hydrogen-bond acceptors (Lipinski definition) is 4. The van der Waals surface area contributed by atoms with Crippen molar-refractivity contribution >= 4 is 11.6 Å². The number of carbonyl (C=O) groups excluding carboxylic acids is 1. The normalized spacial score (nSPS) is 11.8. The van der Waals surface area contributed by atoms with Gasteiger partial charge >= 0.3 is 0 Å². The minimum atomic E-state index is -0.548. The first-order chi connectivity index (χ1) is 8.08. The first-order valence-electron chi connectivity index (χ1n) is 5.45. The Balaban J connectivity index is 2.88. The molecular formula is C12H18N2O3. The Morgan fingerprint density at radius 3 is 2.71 bits per heavy atom. The number of benzene rings is 1. The SMILES string of the molecule is CCOc1cc(NC(=O)[C@H](C)N)ccc1OC. The third-order valence-corrected chi connectivity index (χ3v) is 2.14. The topological polar surface area (TPSA) is 73.6 Å². The van der Waals surface area contributed by atoms with Gasteiger partial charge in [0.15, 0.2) is 11.5 Å². The average Bonchev–Trinajstić information content (AvgIpc) is 2.29. The lowest BCUT2D eigenvalue weighted by atomic mass is 10.2. The van der Waals surface area contributed by atoms with Crippen LogP contribution in [0, 0.1) is 0 Å². The predicted molar refractivity (Wildman–Crippen MR) is 66.4 cm³/mol. The summed E-state index contributed by atoms with van der Waals surface area (Å²) in [5, 5.41) is 2.69. The Bertz CT molecular complexity index is 391. The van der Waals surface area contributed by atoms with Crippen molar-refractivity contribution in [3.8, 4) is 11.5 Å². The molecule has 17 heavy (non-hydrogen) atoms. The molecule has 0 aromatic heterocycles. The summed E-state index contributed by atoms with van der Waals surface area (Å²) < 4.78 is 10.5. The zero-order valence-electron chi connectivity index (χ0n) is 10.3. The van der Waals surface area contributed by atoms with Crippen molar-refractivity contribution < 1.29 is 14.3 Å². The van der Waals surface area contributed by atoms with E-state index in [1.54, 1.807) is 32.2 Å². The molecular weight excluding hydrogens is 220 g/mol. The number of hydrogen-bond donors (Lipinski definition) is 2. The van der Waals surface area contributed by atoms with E-state index in [2.05, 4.69) is 5.32 Å². The standard InChI is InChI=1S/C12H18N2O3/c1-4-17-11-7-9(5-6-10(11)16-3)14-12(15)8(2)13/h5-8H,4,13H2,1-3H3,(H,14,15)/t8-/m0/s1. The molecule has 1 amide bonds. The summed E-state index contributed by atoms with van der Waals surface area (Å²) in [6.45, 7) is 4.04. The Morgan fingerprint density at radius 1 is 1.47 bits per heavy atom. The summed E-state index contributed by atoms with van der Waals surface area (Å²) in [5.41, 5.74) is 6.10. The van der Waals surface area contributed by atoms with Gasteiger partial charge in [-0.05, 0) is 26.0 Å². The minimum absolute atomic E-state index is 0.238. The lowest BCUT2D eigenvalue weighted by Gasteiger charge is -2.12. The van der Waals surface area contributed by atoms with Gasteiger partial charge in [0.2, 0.25) is 5.91 Å². The highest BCUT2D eigenvalue weighted by Gasteiger charge is 2.10. The van der Waals surface area contributed by atoms with Gasteiger partial charge in [0.05, 0.1) is 19.8 Å². The molecule has 0 spiro atoms. The van der Waals surface area contributed by atoms with Crippen molar-refractivity contribution in [3.05, 3.63) is 18.2 Å². The van der Waals surface area contributed by atoms with Gasteiger partial charge in [0.25, 0.3) is 0 Å². The first kappa shape index (κ1) is 13.3. The Morgan fingerprint density at radius 2 is 2.18 bits per heavy atom. The van der Waals surface area contributed by atoms with Crippen molar-refractivity contribution in [3.63, 3.8) is 0 Å². The van der Waals surface area contributed by atoms with Crippen LogP contribution in [-0.2, 0) is 4.79 Å². The fourth-order valence-corrected chi connectivity index (χ4v) is 1.28. The summed E-state index contributed by atoms with van der Waals surface area (Å²) in [6.07, 6.45) is 0. The van der Waals surface area contributed by atoms with Gasteiger partial charge in [-0.15, -0.1) is 0 Å². The van der Waals surface area contributed by atoms with Gasteiger partial charge in [0.1, 0.15) is 0 Å². The van der Waals surface area contributed by atoms with Crippen LogP contribution in [0.25, 0.3) is 0 Å². The maximum Gasteiger partial charge on any atom is 0.241 e. The Hall–Kier alpha value is -1.75. The van der Waals surface area contributed by atoms with Gasteiger partial charge in [-0.1, -0.05) is 0 Å². The molecule has 94 valence electrons. The molecule has 0 fully saturated rings. The third-order valence-electron chi connectivity index (χ3n) is 2.14. The highest BCUT2D eigenvalue weighted by atomic mass is 16.5. The molecule has 0 aliphatic carbocycles. The second-order valence-electron chi connectivity index (χ2n) is 3.58. The van der Waals surface area contributed by atoms with E-state index in [0.29, 0.717) is 23.8 Å². The van der Waals surface area contributed by atoms with Crippen molar-refractivity contribution in [2.75, 3.05) is 19.0 Å². The van der Waals surface area contributed by atoms with Crippen molar-refractivity contribution in [1.29, 1.82) is 0 Å².